The molecule has 0 fully saturated rings. The molecule has 0 saturated heterocycles. The van der Waals surface area contributed by atoms with E-state index in [9.17, 15) is 4.79 Å². The lowest BCUT2D eigenvalue weighted by molar-refractivity contribution is 0.100. The van der Waals surface area contributed by atoms with Crippen LogP contribution < -0.4 is 0 Å². The Morgan fingerprint density at radius 3 is 2.90 bits per heavy atom. The van der Waals surface area contributed by atoms with Gasteiger partial charge in [-0.3, -0.25) is 4.79 Å². The fourth-order valence-corrected chi connectivity index (χ4v) is 1.15. The zero-order valence-corrected chi connectivity index (χ0v) is 5.42. The molecular weight excluding hydrogens is 124 g/mol. The Bertz CT molecular complexity index is 276. The summed E-state index contributed by atoms with van der Waals surface area (Å²) in [6, 6.07) is 7.56. The van der Waals surface area contributed by atoms with Gasteiger partial charge in [0.25, 0.3) is 0 Å². The van der Waals surface area contributed by atoms with E-state index in [-0.39, 0.29) is 5.78 Å². The maximum atomic E-state index is 11.0. The van der Waals surface area contributed by atoms with Gasteiger partial charge in [0.2, 0.25) is 0 Å². The smallest absolute Gasteiger partial charge is 0.164 e. The Kier molecular flexibility index (Phi) is 1.10. The number of carbonyl (C=O) groups is 1. The van der Waals surface area contributed by atoms with Crippen molar-refractivity contribution in [2.75, 3.05) is 0 Å². The van der Waals surface area contributed by atoms with Gasteiger partial charge in [-0.1, -0.05) is 24.3 Å². The standard InChI is InChI=1S/C9H6O/c10-9-6-5-7-3-1-2-4-8(7)9/h1-4H,6H2. The van der Waals surface area contributed by atoms with Crippen molar-refractivity contribution in [3.05, 3.63) is 41.8 Å². The van der Waals surface area contributed by atoms with Gasteiger partial charge >= 0.3 is 0 Å². The van der Waals surface area contributed by atoms with Crippen LogP contribution in [0.15, 0.2) is 24.3 Å². The van der Waals surface area contributed by atoms with E-state index in [4.69, 9.17) is 0 Å². The molecule has 2 rings (SSSR count). The van der Waals surface area contributed by atoms with Crippen molar-refractivity contribution in [1.29, 1.82) is 0 Å². The Labute approximate surface area is 59.7 Å². The second-order valence-corrected chi connectivity index (χ2v) is 2.32. The largest absolute Gasteiger partial charge is 0.294 e. The lowest BCUT2D eigenvalue weighted by Gasteiger charge is -1.91. The first kappa shape index (κ1) is 5.66. The minimum Gasteiger partial charge on any atom is -0.294 e. The number of benzene rings is 1. The Morgan fingerprint density at radius 1 is 1.30 bits per heavy atom. The minimum absolute atomic E-state index is 0.190. The Morgan fingerprint density at radius 2 is 2.10 bits per heavy atom. The second-order valence-electron chi connectivity index (χ2n) is 2.32. The molecule has 0 N–H and O–H groups in total. The maximum Gasteiger partial charge on any atom is 0.164 e. The van der Waals surface area contributed by atoms with Gasteiger partial charge in [-0.05, 0) is 5.56 Å². The van der Waals surface area contributed by atoms with Gasteiger partial charge in [0.05, 0.1) is 0 Å². The summed E-state index contributed by atoms with van der Waals surface area (Å²) in [5.74, 6) is 0.190. The van der Waals surface area contributed by atoms with E-state index in [1.807, 2.05) is 24.3 Å². The van der Waals surface area contributed by atoms with Crippen molar-refractivity contribution in [2.45, 2.75) is 6.42 Å². The summed E-state index contributed by atoms with van der Waals surface area (Å²) >= 11 is 0. The number of Topliss-reactive ketones (excluding diaryl/α,β-unsaturated/α-hetero) is 1. The third-order valence-electron chi connectivity index (χ3n) is 1.67. The molecule has 0 aliphatic heterocycles. The van der Waals surface area contributed by atoms with E-state index in [0.29, 0.717) is 6.42 Å². The molecule has 1 aliphatic carbocycles. The minimum atomic E-state index is 0.190. The highest BCUT2D eigenvalue weighted by Crippen LogP contribution is 2.22. The van der Waals surface area contributed by atoms with Gasteiger partial charge in [0.1, 0.15) is 0 Å². The Balaban J connectivity index is 2.61. The van der Waals surface area contributed by atoms with Crippen LogP contribution in [-0.2, 0) is 0 Å². The fourth-order valence-electron chi connectivity index (χ4n) is 1.15. The highest BCUT2D eigenvalue weighted by Gasteiger charge is 2.18. The van der Waals surface area contributed by atoms with Crippen molar-refractivity contribution in [1.82, 2.24) is 0 Å². The number of rotatable bonds is 0. The van der Waals surface area contributed by atoms with Crippen LogP contribution in [0.1, 0.15) is 22.3 Å². The molecule has 48 valence electrons. The third kappa shape index (κ3) is 0.670. The van der Waals surface area contributed by atoms with Gasteiger partial charge in [-0.15, -0.1) is 0 Å². The van der Waals surface area contributed by atoms with E-state index in [1.165, 1.54) is 0 Å². The summed E-state index contributed by atoms with van der Waals surface area (Å²) in [4.78, 5) is 11.0. The predicted molar refractivity (Wildman–Crippen MR) is 37.7 cm³/mol. The molecule has 10 heavy (non-hydrogen) atoms. The third-order valence-corrected chi connectivity index (χ3v) is 1.67. The van der Waals surface area contributed by atoms with Crippen molar-refractivity contribution >= 4 is 5.78 Å². The van der Waals surface area contributed by atoms with Crippen molar-refractivity contribution in [2.24, 2.45) is 0 Å². The van der Waals surface area contributed by atoms with Crippen LogP contribution >= 0.6 is 0 Å². The summed E-state index contributed by atoms with van der Waals surface area (Å²) in [7, 11) is 0. The first-order chi connectivity index (χ1) is 4.88. The van der Waals surface area contributed by atoms with Crippen molar-refractivity contribution < 1.29 is 4.79 Å². The first-order valence-corrected chi connectivity index (χ1v) is 3.24. The van der Waals surface area contributed by atoms with E-state index in [0.717, 1.165) is 11.1 Å². The van der Waals surface area contributed by atoms with Gasteiger partial charge in [0.15, 0.2) is 5.78 Å². The molecule has 0 unspecified atom stereocenters. The number of hydrogen-bond donors (Lipinski definition) is 0. The summed E-state index contributed by atoms with van der Waals surface area (Å²) < 4.78 is 0. The zero-order chi connectivity index (χ0) is 6.97. The predicted octanol–water partition coefficient (Wildman–Crippen LogP) is 1.70. The van der Waals surface area contributed by atoms with Crippen molar-refractivity contribution in [3.8, 4) is 0 Å². The summed E-state index contributed by atoms with van der Waals surface area (Å²) in [6.07, 6.45) is 3.46. The van der Waals surface area contributed by atoms with Gasteiger partial charge in [-0.2, -0.15) is 0 Å². The van der Waals surface area contributed by atoms with Gasteiger partial charge in [0, 0.05) is 18.4 Å². The molecule has 1 nitrogen and oxygen atoms in total. The van der Waals surface area contributed by atoms with Crippen LogP contribution in [0.2, 0.25) is 0 Å². The molecule has 1 aliphatic rings. The molecule has 0 aromatic heterocycles. The summed E-state index contributed by atoms with van der Waals surface area (Å²) in [6.45, 7) is 0. The molecule has 1 aromatic carbocycles. The normalized spacial score (nSPS) is 15.4. The van der Waals surface area contributed by atoms with Crippen molar-refractivity contribution in [3.63, 3.8) is 0 Å². The number of carbonyl (C=O) groups excluding carboxylic acids is 1. The highest BCUT2D eigenvalue weighted by molar-refractivity contribution is 6.02. The molecule has 2 radical (unpaired) electrons. The quantitative estimate of drug-likeness (QED) is 0.522. The fraction of sp³-hybridized carbons (Fsp3) is 0.111. The molecule has 1 heteroatoms. The lowest BCUT2D eigenvalue weighted by Crippen LogP contribution is -1.88. The molecule has 0 saturated carbocycles. The number of fused-ring (bicyclic) bond motifs is 1. The second kappa shape index (κ2) is 1.94. The van der Waals surface area contributed by atoms with Crippen LogP contribution in [0.3, 0.4) is 0 Å². The average Bonchev–Trinajstić information content (AvgIpc) is 2.34. The van der Waals surface area contributed by atoms with Crippen LogP contribution in [-0.4, -0.2) is 5.78 Å². The number of hydrogen-bond acceptors (Lipinski definition) is 1. The lowest BCUT2D eigenvalue weighted by atomic mass is 10.1. The van der Waals surface area contributed by atoms with Gasteiger partial charge in [-0.25, -0.2) is 0 Å². The average molecular weight is 130 g/mol. The SMILES string of the molecule is O=C1C[C]c2ccccc21. The molecule has 0 spiro atoms. The summed E-state index contributed by atoms with van der Waals surface area (Å²) in [5.41, 5.74) is 1.79. The molecule has 0 amide bonds. The maximum absolute atomic E-state index is 11.0. The molecule has 0 heterocycles. The van der Waals surface area contributed by atoms with Crippen LogP contribution in [0, 0.1) is 6.42 Å². The summed E-state index contributed by atoms with van der Waals surface area (Å²) in [5, 5.41) is 0. The zero-order valence-electron chi connectivity index (χ0n) is 5.42. The van der Waals surface area contributed by atoms with E-state index in [1.54, 1.807) is 0 Å². The molecule has 1 aromatic rings. The highest BCUT2D eigenvalue weighted by atomic mass is 16.1. The molecule has 0 bridgehead atoms. The van der Waals surface area contributed by atoms with Crippen LogP contribution in [0.4, 0.5) is 0 Å². The monoisotopic (exact) mass is 130 g/mol. The van der Waals surface area contributed by atoms with Crippen LogP contribution in [0.5, 0.6) is 0 Å². The number of ketones is 1. The molecule has 0 atom stereocenters. The van der Waals surface area contributed by atoms with Crippen LogP contribution in [0.25, 0.3) is 0 Å². The van der Waals surface area contributed by atoms with E-state index >= 15 is 0 Å². The molecular formula is C9H6O. The first-order valence-electron chi connectivity index (χ1n) is 3.24. The van der Waals surface area contributed by atoms with E-state index < -0.39 is 0 Å². The van der Waals surface area contributed by atoms with Gasteiger partial charge < -0.3 is 0 Å². The Hall–Kier alpha value is -1.11. The van der Waals surface area contributed by atoms with E-state index in [2.05, 4.69) is 6.42 Å². The topological polar surface area (TPSA) is 17.1 Å².